The van der Waals surface area contributed by atoms with Gasteiger partial charge >= 0.3 is 0 Å². The van der Waals surface area contributed by atoms with Gasteiger partial charge in [0.05, 0.1) is 38.8 Å². The molecular formula is C100H65N3SSi. The predicted molar refractivity (Wildman–Crippen MR) is 442 cm³/mol. The zero-order chi connectivity index (χ0) is 68.6. The molecule has 0 fully saturated rings. The standard InChI is InChI=1S/C50H30N2S.C50H35NSi/c1-3-15-33-31(13-1)46-32-14-2-4-16-34(32)47(33)50-37(46)25-26-43-49(50)36-18-6-9-20-40(36)52(43)42-22-11-21-41-48(42)35-17-5-8-19-39(35)51(41)29-24-27-45-38(28-29)30-12-7-10-23-44(30)53-45;1-4-16-35(17-5-1)52(36-18-6-2-7-19-36,37-20-8-3-9-21-37)38-30-28-34(29-31-38)51-45-27-15-14-26-43(45)49-46(51)33-32-44-47-39-22-10-12-24-41(39)48(50(44)49)42-25-13-11-23-40(42)47/h1-28,46-47H;1-33,47-48H. The molecule has 6 aliphatic rings. The lowest BCUT2D eigenvalue weighted by atomic mass is 9.60. The van der Waals surface area contributed by atoms with Gasteiger partial charge in [-0.25, -0.2) is 0 Å². The molecule has 26 rings (SSSR count). The molecule has 0 atom stereocenters. The summed E-state index contributed by atoms with van der Waals surface area (Å²) in [7, 11) is -2.62. The first-order valence-electron chi connectivity index (χ1n) is 36.9. The van der Waals surface area contributed by atoms with Crippen LogP contribution in [0.4, 0.5) is 0 Å². The Bertz CT molecular complexity index is 6800. The molecule has 0 N–H and O–H groups in total. The summed E-state index contributed by atoms with van der Waals surface area (Å²) in [4.78, 5) is 0. The van der Waals surface area contributed by atoms with Crippen LogP contribution in [-0.2, 0) is 0 Å². The number of benzene rings is 16. The van der Waals surface area contributed by atoms with E-state index in [1.807, 2.05) is 11.3 Å². The molecule has 16 aromatic carbocycles. The van der Waals surface area contributed by atoms with E-state index in [0.717, 1.165) is 0 Å². The number of rotatable bonds is 7. The van der Waals surface area contributed by atoms with Gasteiger partial charge in [0.1, 0.15) is 0 Å². The molecular weight excluding hydrogens is 1300 g/mol. The van der Waals surface area contributed by atoms with E-state index in [9.17, 15) is 0 Å². The highest BCUT2D eigenvalue weighted by Crippen LogP contribution is 2.60. The third-order valence-electron chi connectivity index (χ3n) is 24.2. The van der Waals surface area contributed by atoms with Crippen LogP contribution in [0.1, 0.15) is 90.4 Å². The van der Waals surface area contributed by atoms with Gasteiger partial charge in [-0.15, -0.1) is 11.3 Å². The second-order valence-electron chi connectivity index (χ2n) is 29.1. The van der Waals surface area contributed by atoms with Crippen LogP contribution in [0.15, 0.2) is 370 Å². The summed E-state index contributed by atoms with van der Waals surface area (Å²) in [6.07, 6.45) is 0. The third-order valence-corrected chi connectivity index (χ3v) is 30.2. The molecule has 4 aromatic heterocycles. The molecule has 0 unspecified atom stereocenters. The molecule has 3 nitrogen and oxygen atoms in total. The molecule has 5 heteroatoms. The minimum absolute atomic E-state index is 0.200. The van der Waals surface area contributed by atoms with Gasteiger partial charge in [-0.05, 0) is 166 Å². The van der Waals surface area contributed by atoms with Crippen molar-refractivity contribution >= 4 is 126 Å². The number of para-hydroxylation sites is 3. The van der Waals surface area contributed by atoms with Crippen molar-refractivity contribution in [2.45, 2.75) is 23.7 Å². The fourth-order valence-corrected chi connectivity index (χ4v) is 26.1. The monoisotopic (exact) mass is 1370 g/mol. The van der Waals surface area contributed by atoms with Crippen molar-refractivity contribution in [1.82, 2.24) is 13.7 Å². The van der Waals surface area contributed by atoms with Crippen LogP contribution in [0.3, 0.4) is 0 Å². The number of fused-ring (bicyclic) bond motifs is 12. The van der Waals surface area contributed by atoms with Gasteiger partial charge in [-0.2, -0.15) is 0 Å². The van der Waals surface area contributed by atoms with Crippen molar-refractivity contribution in [1.29, 1.82) is 0 Å². The molecule has 0 radical (unpaired) electrons. The summed E-state index contributed by atoms with van der Waals surface area (Å²) < 4.78 is 10.2. The van der Waals surface area contributed by atoms with Gasteiger partial charge in [0.15, 0.2) is 8.07 Å². The van der Waals surface area contributed by atoms with E-state index in [-0.39, 0.29) is 23.7 Å². The summed E-state index contributed by atoms with van der Waals surface area (Å²) in [6, 6.07) is 139. The Morgan fingerprint density at radius 2 is 0.552 bits per heavy atom. The maximum Gasteiger partial charge on any atom is 0.179 e. The molecule has 0 aliphatic heterocycles. The molecule has 6 aliphatic carbocycles. The van der Waals surface area contributed by atoms with E-state index < -0.39 is 8.07 Å². The van der Waals surface area contributed by atoms with Crippen molar-refractivity contribution in [2.75, 3.05) is 0 Å². The lowest BCUT2D eigenvalue weighted by Gasteiger charge is -2.42. The van der Waals surface area contributed by atoms with Gasteiger partial charge in [0, 0.05) is 87.5 Å². The Kier molecular flexibility index (Phi) is 12.7. The van der Waals surface area contributed by atoms with Gasteiger partial charge in [0.25, 0.3) is 0 Å². The topological polar surface area (TPSA) is 14.8 Å². The fourth-order valence-electron chi connectivity index (χ4n) is 20.2. The van der Waals surface area contributed by atoms with Crippen LogP contribution >= 0.6 is 11.3 Å². The van der Waals surface area contributed by atoms with Crippen LogP contribution in [0, 0.1) is 0 Å². The number of hydrogen-bond acceptors (Lipinski definition) is 1. The number of hydrogen-bond donors (Lipinski definition) is 0. The highest BCUT2D eigenvalue weighted by molar-refractivity contribution is 7.25. The maximum absolute atomic E-state index is 2.62. The van der Waals surface area contributed by atoms with E-state index in [1.54, 1.807) is 0 Å². The van der Waals surface area contributed by atoms with Crippen molar-refractivity contribution in [3.63, 3.8) is 0 Å². The maximum atomic E-state index is 2.56. The Labute approximate surface area is 612 Å². The normalized spacial score (nSPS) is 15.8. The smallest absolute Gasteiger partial charge is 0.179 e. The van der Waals surface area contributed by atoms with Crippen LogP contribution in [0.2, 0.25) is 0 Å². The molecule has 4 bridgehead atoms. The molecule has 20 aromatic rings. The Balaban J connectivity index is 0.000000128. The zero-order valence-corrected chi connectivity index (χ0v) is 59.1. The largest absolute Gasteiger partial charge is 0.309 e. The summed E-state index contributed by atoms with van der Waals surface area (Å²) in [6.45, 7) is 0. The van der Waals surface area contributed by atoms with Crippen LogP contribution in [0.25, 0.3) is 103 Å². The first kappa shape index (κ1) is 58.9. The molecule has 0 saturated heterocycles. The second kappa shape index (κ2) is 22.7. The summed E-state index contributed by atoms with van der Waals surface area (Å²) in [5.74, 6) is 0.913. The summed E-state index contributed by atoms with van der Waals surface area (Å²) >= 11 is 1.87. The molecule has 4 heterocycles. The van der Waals surface area contributed by atoms with Gasteiger partial charge in [0.2, 0.25) is 0 Å². The average molecular weight is 1370 g/mol. The molecule has 105 heavy (non-hydrogen) atoms. The molecule has 0 saturated carbocycles. The predicted octanol–water partition coefficient (Wildman–Crippen LogP) is 22.4. The van der Waals surface area contributed by atoms with Crippen molar-refractivity contribution in [3.8, 4) is 17.1 Å². The van der Waals surface area contributed by atoms with Crippen molar-refractivity contribution in [3.05, 3.63) is 437 Å². The summed E-state index contributed by atoms with van der Waals surface area (Å²) in [5.41, 5.74) is 28.6. The minimum Gasteiger partial charge on any atom is -0.309 e. The van der Waals surface area contributed by atoms with Crippen molar-refractivity contribution in [2.24, 2.45) is 0 Å². The van der Waals surface area contributed by atoms with Crippen LogP contribution in [-0.4, -0.2) is 21.8 Å². The lowest BCUT2D eigenvalue weighted by Crippen LogP contribution is -2.74. The Morgan fingerprint density at radius 3 is 1.04 bits per heavy atom. The van der Waals surface area contributed by atoms with Gasteiger partial charge in [-0.1, -0.05) is 291 Å². The Hall–Kier alpha value is -12.6. The van der Waals surface area contributed by atoms with E-state index in [2.05, 4.69) is 384 Å². The number of nitrogens with zero attached hydrogens (tertiary/aromatic N) is 3. The lowest BCUT2D eigenvalue weighted by molar-refractivity contribution is 0.761. The number of aromatic nitrogens is 3. The van der Waals surface area contributed by atoms with Crippen LogP contribution in [0.5, 0.6) is 0 Å². The molecule has 0 spiro atoms. The SMILES string of the molecule is c1ccc([Si](c2ccccc2)(c2ccccc2)c2ccc(-n3c4ccccc4c4c5c(ccc43)C3c4ccccc4C5c4ccccc43)cc2)cc1.c1ccc2c(c1)C1c3ccccc3C2c2c1ccc1c2c2ccccc2n1-c1cccc2c1c1ccccc1n2-c1ccc2sc3ccccc3c2c1. The zero-order valence-electron chi connectivity index (χ0n) is 57.3. The quantitative estimate of drug-likeness (QED) is 0.112. The average Bonchev–Trinajstić information content (AvgIpc) is 1.68. The second-order valence-corrected chi connectivity index (χ2v) is 34.0. The highest BCUT2D eigenvalue weighted by atomic mass is 32.1. The van der Waals surface area contributed by atoms with E-state index in [0.29, 0.717) is 0 Å². The van der Waals surface area contributed by atoms with Crippen LogP contribution < -0.4 is 20.7 Å². The Morgan fingerprint density at radius 1 is 0.210 bits per heavy atom. The third kappa shape index (κ3) is 8.19. The van der Waals surface area contributed by atoms with E-state index in [1.165, 1.54) is 190 Å². The fraction of sp³-hybridized carbons (Fsp3) is 0.0400. The minimum atomic E-state index is -2.62. The highest BCUT2D eigenvalue weighted by Gasteiger charge is 2.46. The summed E-state index contributed by atoms with van der Waals surface area (Å²) in [5, 5.41) is 16.1. The van der Waals surface area contributed by atoms with Gasteiger partial charge in [-0.3, -0.25) is 0 Å². The van der Waals surface area contributed by atoms with E-state index >= 15 is 0 Å². The van der Waals surface area contributed by atoms with E-state index in [4.69, 9.17) is 0 Å². The first-order valence-corrected chi connectivity index (χ1v) is 39.7. The number of thiophene rings is 1. The van der Waals surface area contributed by atoms with Crippen molar-refractivity contribution < 1.29 is 0 Å². The first-order chi connectivity index (χ1) is 52.2. The molecule has 0 amide bonds. The molecule has 490 valence electrons. The van der Waals surface area contributed by atoms with Gasteiger partial charge < -0.3 is 13.7 Å².